The highest BCUT2D eigenvalue weighted by molar-refractivity contribution is 4.97. The van der Waals surface area contributed by atoms with Crippen LogP contribution in [0.3, 0.4) is 0 Å². The van der Waals surface area contributed by atoms with Crippen LogP contribution < -0.4 is 0 Å². The van der Waals surface area contributed by atoms with Gasteiger partial charge in [0, 0.05) is 0 Å². The van der Waals surface area contributed by atoms with E-state index in [4.69, 9.17) is 0 Å². The summed E-state index contributed by atoms with van der Waals surface area (Å²) < 4.78 is 0. The van der Waals surface area contributed by atoms with Crippen molar-refractivity contribution in [2.75, 3.05) is 0 Å². The van der Waals surface area contributed by atoms with Crippen LogP contribution in [0.4, 0.5) is 0 Å². The van der Waals surface area contributed by atoms with Crippen molar-refractivity contribution in [1.29, 1.82) is 0 Å². The van der Waals surface area contributed by atoms with Crippen LogP contribution in [0, 0.1) is 5.41 Å². The molecule has 12 heavy (non-hydrogen) atoms. The van der Waals surface area contributed by atoms with Crippen molar-refractivity contribution in [1.82, 2.24) is 0 Å². The SMILES string of the molecule is CC=CC(C)(C)CCC=C(C)C. The summed E-state index contributed by atoms with van der Waals surface area (Å²) in [5.74, 6) is 0. The molecule has 0 atom stereocenters. The average Bonchev–Trinajstić information content (AvgIpc) is 1.85. The van der Waals surface area contributed by atoms with Crippen LogP contribution in [-0.4, -0.2) is 0 Å². The van der Waals surface area contributed by atoms with Gasteiger partial charge in [-0.05, 0) is 39.0 Å². The minimum atomic E-state index is 0.362. The van der Waals surface area contributed by atoms with Crippen LogP contribution >= 0.6 is 0 Å². The molecule has 0 unspecified atom stereocenters. The first-order valence-corrected chi connectivity index (χ1v) is 4.75. The van der Waals surface area contributed by atoms with Gasteiger partial charge in [0.05, 0.1) is 0 Å². The van der Waals surface area contributed by atoms with Gasteiger partial charge in [0.15, 0.2) is 0 Å². The quantitative estimate of drug-likeness (QED) is 0.545. The Morgan fingerprint density at radius 1 is 1.25 bits per heavy atom. The van der Waals surface area contributed by atoms with Crippen molar-refractivity contribution >= 4 is 0 Å². The second-order valence-corrected chi connectivity index (χ2v) is 4.31. The molecule has 0 aromatic carbocycles. The molecule has 0 saturated heterocycles. The zero-order chi connectivity index (χ0) is 9.61. The number of rotatable bonds is 4. The van der Waals surface area contributed by atoms with Gasteiger partial charge in [-0.3, -0.25) is 0 Å². The third-order valence-electron chi connectivity index (χ3n) is 1.96. The molecule has 0 radical (unpaired) electrons. The minimum absolute atomic E-state index is 0.362. The summed E-state index contributed by atoms with van der Waals surface area (Å²) in [5.41, 5.74) is 1.78. The van der Waals surface area contributed by atoms with E-state index in [1.54, 1.807) is 0 Å². The minimum Gasteiger partial charge on any atom is -0.0911 e. The molecule has 0 aliphatic heterocycles. The molecule has 0 nitrogen and oxygen atoms in total. The first kappa shape index (κ1) is 11.5. The predicted octanol–water partition coefficient (Wildman–Crippen LogP) is 4.34. The van der Waals surface area contributed by atoms with Crippen LogP contribution in [0.15, 0.2) is 23.8 Å². The molecule has 0 N–H and O–H groups in total. The van der Waals surface area contributed by atoms with Gasteiger partial charge < -0.3 is 0 Å². The van der Waals surface area contributed by atoms with Crippen molar-refractivity contribution in [3.8, 4) is 0 Å². The Morgan fingerprint density at radius 2 is 1.83 bits per heavy atom. The van der Waals surface area contributed by atoms with Gasteiger partial charge >= 0.3 is 0 Å². The standard InChI is InChI=1S/C12H22/c1-6-9-12(4,5)10-7-8-11(2)3/h6,8-9H,7,10H2,1-5H3. The average molecular weight is 166 g/mol. The van der Waals surface area contributed by atoms with Crippen molar-refractivity contribution in [2.24, 2.45) is 5.41 Å². The van der Waals surface area contributed by atoms with Crippen LogP contribution in [-0.2, 0) is 0 Å². The summed E-state index contributed by atoms with van der Waals surface area (Å²) in [5, 5.41) is 0. The second-order valence-electron chi connectivity index (χ2n) is 4.31. The molecule has 0 aliphatic carbocycles. The predicted molar refractivity (Wildman–Crippen MR) is 57.3 cm³/mol. The molecule has 70 valence electrons. The van der Waals surface area contributed by atoms with Crippen LogP contribution in [0.2, 0.25) is 0 Å². The van der Waals surface area contributed by atoms with Gasteiger partial charge in [-0.25, -0.2) is 0 Å². The topological polar surface area (TPSA) is 0 Å². The third-order valence-corrected chi connectivity index (χ3v) is 1.96. The summed E-state index contributed by atoms with van der Waals surface area (Å²) in [6, 6.07) is 0. The van der Waals surface area contributed by atoms with Crippen LogP contribution in [0.1, 0.15) is 47.5 Å². The number of hydrogen-bond acceptors (Lipinski definition) is 0. The number of hydrogen-bond donors (Lipinski definition) is 0. The highest BCUT2D eigenvalue weighted by Gasteiger charge is 2.11. The first-order chi connectivity index (χ1) is 5.48. The maximum atomic E-state index is 2.31. The molecule has 0 spiro atoms. The van der Waals surface area contributed by atoms with E-state index in [0.717, 1.165) is 0 Å². The lowest BCUT2D eigenvalue weighted by Crippen LogP contribution is -2.05. The summed E-state index contributed by atoms with van der Waals surface area (Å²) in [4.78, 5) is 0. The first-order valence-electron chi connectivity index (χ1n) is 4.75. The summed E-state index contributed by atoms with van der Waals surface area (Å²) in [6.07, 6.45) is 9.17. The van der Waals surface area contributed by atoms with Crippen LogP contribution in [0.25, 0.3) is 0 Å². The molecule has 0 saturated carbocycles. The molecule has 0 rings (SSSR count). The number of allylic oxidation sites excluding steroid dienone is 4. The Morgan fingerprint density at radius 3 is 2.25 bits per heavy atom. The van der Waals surface area contributed by atoms with E-state index < -0.39 is 0 Å². The van der Waals surface area contributed by atoms with Gasteiger partial charge in [-0.2, -0.15) is 0 Å². The van der Waals surface area contributed by atoms with Crippen LogP contribution in [0.5, 0.6) is 0 Å². The van der Waals surface area contributed by atoms with E-state index in [1.807, 2.05) is 0 Å². The summed E-state index contributed by atoms with van der Waals surface area (Å²) in [7, 11) is 0. The van der Waals surface area contributed by atoms with Gasteiger partial charge in [0.2, 0.25) is 0 Å². The van der Waals surface area contributed by atoms with Crippen molar-refractivity contribution < 1.29 is 0 Å². The summed E-state index contributed by atoms with van der Waals surface area (Å²) >= 11 is 0. The van der Waals surface area contributed by atoms with Crippen molar-refractivity contribution in [2.45, 2.75) is 47.5 Å². The normalized spacial score (nSPS) is 12.1. The fraction of sp³-hybridized carbons (Fsp3) is 0.667. The fourth-order valence-electron chi connectivity index (χ4n) is 1.27. The fourth-order valence-corrected chi connectivity index (χ4v) is 1.27. The monoisotopic (exact) mass is 166 g/mol. The Hall–Kier alpha value is -0.520. The molecular weight excluding hydrogens is 144 g/mol. The second kappa shape index (κ2) is 5.18. The zero-order valence-electron chi connectivity index (χ0n) is 9.15. The van der Waals surface area contributed by atoms with Gasteiger partial charge in [0.1, 0.15) is 0 Å². The molecule has 0 bridgehead atoms. The third kappa shape index (κ3) is 6.21. The Balaban J connectivity index is 3.84. The Bertz CT molecular complexity index is 166. The molecule has 0 aromatic heterocycles. The molecule has 0 amide bonds. The highest BCUT2D eigenvalue weighted by atomic mass is 14.2. The van der Waals surface area contributed by atoms with Gasteiger partial charge in [0.25, 0.3) is 0 Å². The van der Waals surface area contributed by atoms with E-state index >= 15 is 0 Å². The molecule has 0 heterocycles. The lowest BCUT2D eigenvalue weighted by atomic mass is 9.87. The van der Waals surface area contributed by atoms with E-state index in [0.29, 0.717) is 5.41 Å². The largest absolute Gasteiger partial charge is 0.0911 e. The van der Waals surface area contributed by atoms with Crippen molar-refractivity contribution in [3.63, 3.8) is 0 Å². The maximum absolute atomic E-state index is 2.31. The molecular formula is C12H22. The van der Waals surface area contributed by atoms with E-state index in [1.165, 1.54) is 18.4 Å². The van der Waals surface area contributed by atoms with E-state index in [2.05, 4.69) is 52.8 Å². The lowest BCUT2D eigenvalue weighted by molar-refractivity contribution is 0.441. The zero-order valence-corrected chi connectivity index (χ0v) is 9.15. The Labute approximate surface area is 77.4 Å². The lowest BCUT2D eigenvalue weighted by Gasteiger charge is -2.18. The maximum Gasteiger partial charge on any atom is -0.0172 e. The molecule has 0 fully saturated rings. The van der Waals surface area contributed by atoms with E-state index in [-0.39, 0.29) is 0 Å². The molecule has 0 aliphatic rings. The van der Waals surface area contributed by atoms with Gasteiger partial charge in [-0.15, -0.1) is 0 Å². The molecule has 0 aromatic rings. The Kier molecular flexibility index (Phi) is 4.96. The van der Waals surface area contributed by atoms with Gasteiger partial charge in [-0.1, -0.05) is 37.6 Å². The van der Waals surface area contributed by atoms with E-state index in [9.17, 15) is 0 Å². The molecule has 0 heteroatoms. The van der Waals surface area contributed by atoms with Crippen molar-refractivity contribution in [3.05, 3.63) is 23.8 Å². The summed E-state index contributed by atoms with van der Waals surface area (Å²) in [6.45, 7) is 11.0. The smallest absolute Gasteiger partial charge is 0.0172 e. The highest BCUT2D eigenvalue weighted by Crippen LogP contribution is 2.24.